The molecular formula is C10H16N6O. The molecule has 2 rings (SSSR count). The fourth-order valence-electron chi connectivity index (χ4n) is 1.40. The molecule has 7 nitrogen and oxygen atoms in total. The van der Waals surface area contributed by atoms with E-state index >= 15 is 0 Å². The number of nitrogens with one attached hydrogen (secondary N) is 3. The maximum absolute atomic E-state index is 11.4. The summed E-state index contributed by atoms with van der Waals surface area (Å²) in [6, 6.07) is 2.13. The number of aryl methyl sites for hydroxylation is 1. The molecule has 17 heavy (non-hydrogen) atoms. The van der Waals surface area contributed by atoms with Crippen LogP contribution in [0.3, 0.4) is 0 Å². The molecule has 1 heterocycles. The van der Waals surface area contributed by atoms with Crippen LogP contribution in [0.5, 0.6) is 0 Å². The van der Waals surface area contributed by atoms with Gasteiger partial charge in [-0.25, -0.2) is 10.8 Å². The average Bonchev–Trinajstić information content (AvgIpc) is 3.09. The number of nitrogens with two attached hydrogens (primary N) is 1. The van der Waals surface area contributed by atoms with Crippen molar-refractivity contribution in [1.29, 1.82) is 0 Å². The summed E-state index contributed by atoms with van der Waals surface area (Å²) in [5, 5.41) is 5.82. The van der Waals surface area contributed by atoms with Gasteiger partial charge in [0.2, 0.25) is 11.9 Å². The van der Waals surface area contributed by atoms with Crippen LogP contribution in [0, 0.1) is 6.92 Å². The van der Waals surface area contributed by atoms with Gasteiger partial charge in [0.25, 0.3) is 0 Å². The first kappa shape index (κ1) is 11.6. The monoisotopic (exact) mass is 236 g/mol. The second kappa shape index (κ2) is 4.96. The minimum Gasteiger partial charge on any atom is -0.361 e. The average molecular weight is 236 g/mol. The summed E-state index contributed by atoms with van der Waals surface area (Å²) in [6.45, 7) is 2.04. The zero-order valence-corrected chi connectivity index (χ0v) is 9.66. The quantitative estimate of drug-likeness (QED) is 0.415. The van der Waals surface area contributed by atoms with Crippen LogP contribution in [0.4, 0.5) is 11.8 Å². The Morgan fingerprint density at radius 1 is 1.53 bits per heavy atom. The summed E-state index contributed by atoms with van der Waals surface area (Å²) in [5.41, 5.74) is 3.15. The Balaban J connectivity index is 1.88. The second-order valence-corrected chi connectivity index (χ2v) is 4.06. The highest BCUT2D eigenvalue weighted by atomic mass is 16.2. The Kier molecular flexibility index (Phi) is 3.38. The number of rotatable bonds is 5. The third-order valence-electron chi connectivity index (χ3n) is 2.36. The number of carbonyl (C=O) groups is 1. The summed E-state index contributed by atoms with van der Waals surface area (Å²) in [7, 11) is 0. The Labute approximate surface area is 99.2 Å². The van der Waals surface area contributed by atoms with Crippen LogP contribution < -0.4 is 21.9 Å². The minimum atomic E-state index is -0.0222. The van der Waals surface area contributed by atoms with E-state index in [4.69, 9.17) is 5.84 Å². The molecule has 1 fully saturated rings. The Morgan fingerprint density at radius 2 is 2.29 bits per heavy atom. The number of amides is 1. The van der Waals surface area contributed by atoms with Gasteiger partial charge in [-0.2, -0.15) is 4.98 Å². The van der Waals surface area contributed by atoms with Gasteiger partial charge in [-0.05, 0) is 19.8 Å². The normalized spacial score (nSPS) is 14.2. The molecule has 0 atom stereocenters. The standard InChI is InChI=1S/C10H16N6O/c1-6-4-8(15-10(13-6)16-11)12-5-9(17)14-7-2-3-7/h4,7H,2-3,5,11H2,1H3,(H,14,17)(H2,12,13,15,16). The van der Waals surface area contributed by atoms with Crippen LogP contribution in [-0.4, -0.2) is 28.5 Å². The smallest absolute Gasteiger partial charge is 0.239 e. The van der Waals surface area contributed by atoms with Crippen molar-refractivity contribution in [2.24, 2.45) is 5.84 Å². The van der Waals surface area contributed by atoms with Gasteiger partial charge in [0.15, 0.2) is 0 Å². The SMILES string of the molecule is Cc1cc(NCC(=O)NC2CC2)nc(NN)n1. The molecule has 1 aliphatic rings. The van der Waals surface area contributed by atoms with Crippen molar-refractivity contribution in [3.05, 3.63) is 11.8 Å². The zero-order valence-electron chi connectivity index (χ0n) is 9.66. The topological polar surface area (TPSA) is 105 Å². The number of aromatic nitrogens is 2. The maximum atomic E-state index is 11.4. The largest absolute Gasteiger partial charge is 0.361 e. The first-order chi connectivity index (χ1) is 8.17. The number of anilines is 2. The van der Waals surface area contributed by atoms with Crippen LogP contribution in [0.25, 0.3) is 0 Å². The van der Waals surface area contributed by atoms with Crippen molar-refractivity contribution in [3.8, 4) is 0 Å². The van der Waals surface area contributed by atoms with Crippen LogP contribution in [0.2, 0.25) is 0 Å². The molecule has 5 N–H and O–H groups in total. The zero-order chi connectivity index (χ0) is 12.3. The third kappa shape index (κ3) is 3.56. The lowest BCUT2D eigenvalue weighted by molar-refractivity contribution is -0.119. The first-order valence-corrected chi connectivity index (χ1v) is 5.53. The van der Waals surface area contributed by atoms with E-state index < -0.39 is 0 Å². The summed E-state index contributed by atoms with van der Waals surface area (Å²) in [5.74, 6) is 6.12. The van der Waals surface area contributed by atoms with Crippen molar-refractivity contribution in [2.45, 2.75) is 25.8 Å². The molecule has 1 saturated carbocycles. The molecular weight excluding hydrogens is 220 g/mol. The van der Waals surface area contributed by atoms with Crippen molar-refractivity contribution in [2.75, 3.05) is 17.3 Å². The van der Waals surface area contributed by atoms with Crippen molar-refractivity contribution in [1.82, 2.24) is 15.3 Å². The first-order valence-electron chi connectivity index (χ1n) is 5.53. The van der Waals surface area contributed by atoms with E-state index in [1.54, 1.807) is 6.07 Å². The summed E-state index contributed by atoms with van der Waals surface area (Å²) < 4.78 is 0. The molecule has 92 valence electrons. The van der Waals surface area contributed by atoms with Crippen LogP contribution in [0.1, 0.15) is 18.5 Å². The van der Waals surface area contributed by atoms with E-state index in [-0.39, 0.29) is 12.5 Å². The molecule has 0 aliphatic heterocycles. The van der Waals surface area contributed by atoms with Gasteiger partial charge in [-0.1, -0.05) is 0 Å². The van der Waals surface area contributed by atoms with Gasteiger partial charge in [0.05, 0.1) is 6.54 Å². The number of hydrogen-bond acceptors (Lipinski definition) is 6. The molecule has 0 saturated heterocycles. The lowest BCUT2D eigenvalue weighted by Crippen LogP contribution is -2.31. The molecule has 0 spiro atoms. The summed E-state index contributed by atoms with van der Waals surface area (Å²) in [6.07, 6.45) is 2.17. The van der Waals surface area contributed by atoms with E-state index in [2.05, 4.69) is 26.0 Å². The lowest BCUT2D eigenvalue weighted by Gasteiger charge is -2.08. The van der Waals surface area contributed by atoms with E-state index in [1.165, 1.54) is 0 Å². The highest BCUT2D eigenvalue weighted by Crippen LogP contribution is 2.18. The van der Waals surface area contributed by atoms with Crippen LogP contribution in [0.15, 0.2) is 6.07 Å². The lowest BCUT2D eigenvalue weighted by atomic mass is 10.4. The Hall–Kier alpha value is -1.89. The predicted molar refractivity (Wildman–Crippen MR) is 64.2 cm³/mol. The van der Waals surface area contributed by atoms with E-state index in [0.717, 1.165) is 18.5 Å². The van der Waals surface area contributed by atoms with Crippen molar-refractivity contribution >= 4 is 17.7 Å². The minimum absolute atomic E-state index is 0.0222. The number of hydrazine groups is 1. The van der Waals surface area contributed by atoms with Crippen molar-refractivity contribution in [3.63, 3.8) is 0 Å². The van der Waals surface area contributed by atoms with Crippen molar-refractivity contribution < 1.29 is 4.79 Å². The highest BCUT2D eigenvalue weighted by molar-refractivity contribution is 5.81. The third-order valence-corrected chi connectivity index (χ3v) is 2.36. The van der Waals surface area contributed by atoms with Crippen LogP contribution >= 0.6 is 0 Å². The predicted octanol–water partition coefficient (Wildman–Crippen LogP) is -0.239. The van der Waals surface area contributed by atoms with Crippen LogP contribution in [-0.2, 0) is 4.79 Å². The van der Waals surface area contributed by atoms with E-state index in [9.17, 15) is 4.79 Å². The number of nitrogen functional groups attached to an aromatic ring is 1. The van der Waals surface area contributed by atoms with Gasteiger partial charge < -0.3 is 10.6 Å². The highest BCUT2D eigenvalue weighted by Gasteiger charge is 2.22. The molecule has 1 amide bonds. The number of carbonyl (C=O) groups excluding carboxylic acids is 1. The van der Waals surface area contributed by atoms with E-state index in [0.29, 0.717) is 17.8 Å². The van der Waals surface area contributed by atoms with Gasteiger partial charge in [-0.15, -0.1) is 0 Å². The molecule has 0 radical (unpaired) electrons. The number of hydrogen-bond donors (Lipinski definition) is 4. The van der Waals surface area contributed by atoms with E-state index in [1.807, 2.05) is 6.92 Å². The Morgan fingerprint density at radius 3 is 2.94 bits per heavy atom. The Bertz CT molecular complexity index is 417. The molecule has 1 aromatic rings. The second-order valence-electron chi connectivity index (χ2n) is 4.06. The fourth-order valence-corrected chi connectivity index (χ4v) is 1.40. The number of nitrogens with zero attached hydrogens (tertiary/aromatic N) is 2. The molecule has 1 aromatic heterocycles. The van der Waals surface area contributed by atoms with Gasteiger partial charge >= 0.3 is 0 Å². The summed E-state index contributed by atoms with van der Waals surface area (Å²) >= 11 is 0. The fraction of sp³-hybridized carbons (Fsp3) is 0.500. The van der Waals surface area contributed by atoms with Gasteiger partial charge in [-0.3, -0.25) is 10.2 Å². The van der Waals surface area contributed by atoms with Gasteiger partial charge in [0.1, 0.15) is 5.82 Å². The molecule has 7 heteroatoms. The van der Waals surface area contributed by atoms with Gasteiger partial charge in [0, 0.05) is 17.8 Å². The molecule has 1 aliphatic carbocycles. The molecule has 0 bridgehead atoms. The maximum Gasteiger partial charge on any atom is 0.239 e. The molecule has 0 unspecified atom stereocenters. The molecule has 0 aromatic carbocycles. The summed E-state index contributed by atoms with van der Waals surface area (Å²) in [4.78, 5) is 19.6.